The third-order valence-electron chi connectivity index (χ3n) is 4.17. The van der Waals surface area contributed by atoms with Gasteiger partial charge in [-0.2, -0.15) is 0 Å². The molecule has 0 radical (unpaired) electrons. The van der Waals surface area contributed by atoms with Gasteiger partial charge < -0.3 is 10.0 Å². The lowest BCUT2D eigenvalue weighted by Gasteiger charge is -2.23. The van der Waals surface area contributed by atoms with Gasteiger partial charge in [0.1, 0.15) is 12.1 Å². The zero-order valence-corrected chi connectivity index (χ0v) is 13.6. The summed E-state index contributed by atoms with van der Waals surface area (Å²) in [6.45, 7) is 5.86. The number of hydrogen-bond acceptors (Lipinski definition) is 3. The number of aliphatic hydroxyl groups is 1. The summed E-state index contributed by atoms with van der Waals surface area (Å²) in [6, 6.07) is 0. The molecule has 1 N–H and O–H groups in total. The lowest BCUT2D eigenvalue weighted by atomic mass is 10.1. The van der Waals surface area contributed by atoms with Crippen LogP contribution in [0.1, 0.15) is 84.5 Å². The van der Waals surface area contributed by atoms with Crippen LogP contribution in [0, 0.1) is 0 Å². The summed E-state index contributed by atoms with van der Waals surface area (Å²) in [7, 11) is 0. The molecule has 1 heterocycles. The highest BCUT2D eigenvalue weighted by Crippen LogP contribution is 2.14. The molecule has 118 valence electrons. The molecule has 20 heavy (non-hydrogen) atoms. The number of aliphatic hydroxyl groups excluding tert-OH is 1. The highest BCUT2D eigenvalue weighted by molar-refractivity contribution is 5.83. The maximum absolute atomic E-state index is 9.63. The Labute approximate surface area is 125 Å². The fourth-order valence-electron chi connectivity index (χ4n) is 2.90. The molecule has 0 aromatic heterocycles. The van der Waals surface area contributed by atoms with Crippen LogP contribution in [-0.2, 0) is 0 Å². The third-order valence-corrected chi connectivity index (χ3v) is 4.17. The molecule has 1 rings (SSSR count). The van der Waals surface area contributed by atoms with Gasteiger partial charge in [0.25, 0.3) is 0 Å². The second-order valence-electron chi connectivity index (χ2n) is 6.06. The summed E-state index contributed by atoms with van der Waals surface area (Å²) < 4.78 is 0. The van der Waals surface area contributed by atoms with E-state index in [-0.39, 0.29) is 6.23 Å². The lowest BCUT2D eigenvalue weighted by Crippen LogP contribution is -2.35. The predicted octanol–water partition coefficient (Wildman–Crippen LogP) is 4.35. The molecule has 1 aliphatic heterocycles. The molecule has 1 atom stereocenters. The van der Waals surface area contributed by atoms with Gasteiger partial charge >= 0.3 is 0 Å². The van der Waals surface area contributed by atoms with Crippen LogP contribution < -0.4 is 0 Å². The number of amidine groups is 1. The molecule has 0 fully saturated rings. The Bertz CT molecular complexity index is 264. The van der Waals surface area contributed by atoms with E-state index >= 15 is 0 Å². The van der Waals surface area contributed by atoms with Crippen molar-refractivity contribution >= 4 is 5.84 Å². The zero-order valence-electron chi connectivity index (χ0n) is 13.6. The summed E-state index contributed by atoms with van der Waals surface area (Å²) >= 11 is 0. The van der Waals surface area contributed by atoms with Gasteiger partial charge in [-0.1, -0.05) is 64.7 Å². The van der Waals surface area contributed by atoms with Crippen LogP contribution in [0.5, 0.6) is 0 Å². The van der Waals surface area contributed by atoms with E-state index < -0.39 is 0 Å². The molecule has 1 aliphatic rings. The van der Waals surface area contributed by atoms with E-state index in [1.807, 2.05) is 11.8 Å². The quantitative estimate of drug-likeness (QED) is 0.540. The SMILES string of the molecule is CCCCCCCCCCCCC1=NCCN1C(C)O. The maximum Gasteiger partial charge on any atom is 0.125 e. The molecule has 0 aromatic carbocycles. The van der Waals surface area contributed by atoms with Crippen LogP contribution in [-0.4, -0.2) is 35.2 Å². The first-order valence-corrected chi connectivity index (χ1v) is 8.73. The maximum atomic E-state index is 9.63. The average molecular weight is 282 g/mol. The Morgan fingerprint density at radius 3 is 2.10 bits per heavy atom. The molecule has 3 nitrogen and oxygen atoms in total. The topological polar surface area (TPSA) is 35.8 Å². The van der Waals surface area contributed by atoms with Gasteiger partial charge in [-0.05, 0) is 13.3 Å². The molecule has 0 saturated heterocycles. The molecule has 0 aliphatic carbocycles. The Morgan fingerprint density at radius 2 is 1.55 bits per heavy atom. The van der Waals surface area contributed by atoms with Crippen LogP contribution in [0.2, 0.25) is 0 Å². The smallest absolute Gasteiger partial charge is 0.125 e. The van der Waals surface area contributed by atoms with Crippen LogP contribution in [0.25, 0.3) is 0 Å². The van der Waals surface area contributed by atoms with Crippen molar-refractivity contribution in [2.45, 2.75) is 90.7 Å². The molecule has 0 amide bonds. The van der Waals surface area contributed by atoms with Crippen LogP contribution in [0.15, 0.2) is 4.99 Å². The molecular formula is C17H34N2O. The van der Waals surface area contributed by atoms with E-state index in [4.69, 9.17) is 0 Å². The fraction of sp³-hybridized carbons (Fsp3) is 0.941. The summed E-state index contributed by atoms with van der Waals surface area (Å²) in [6.07, 6.45) is 14.4. The van der Waals surface area contributed by atoms with Crippen molar-refractivity contribution in [3.05, 3.63) is 0 Å². The van der Waals surface area contributed by atoms with Crippen molar-refractivity contribution in [2.75, 3.05) is 13.1 Å². The molecule has 3 heteroatoms. The Hall–Kier alpha value is -0.570. The normalized spacial score (nSPS) is 16.6. The monoisotopic (exact) mass is 282 g/mol. The summed E-state index contributed by atoms with van der Waals surface area (Å²) in [5, 5.41) is 9.63. The van der Waals surface area contributed by atoms with Gasteiger partial charge in [-0.15, -0.1) is 0 Å². The molecule has 0 saturated carbocycles. The van der Waals surface area contributed by atoms with Crippen molar-refractivity contribution < 1.29 is 5.11 Å². The summed E-state index contributed by atoms with van der Waals surface area (Å²) in [4.78, 5) is 6.53. The number of unbranched alkanes of at least 4 members (excludes halogenated alkanes) is 9. The average Bonchev–Trinajstić information content (AvgIpc) is 2.89. The van der Waals surface area contributed by atoms with Crippen molar-refractivity contribution in [3.8, 4) is 0 Å². The van der Waals surface area contributed by atoms with Gasteiger partial charge in [0.15, 0.2) is 0 Å². The van der Waals surface area contributed by atoms with Crippen molar-refractivity contribution in [2.24, 2.45) is 4.99 Å². The largest absolute Gasteiger partial charge is 0.374 e. The van der Waals surface area contributed by atoms with Crippen molar-refractivity contribution in [3.63, 3.8) is 0 Å². The van der Waals surface area contributed by atoms with Gasteiger partial charge in [0.05, 0.1) is 6.54 Å². The first-order valence-electron chi connectivity index (χ1n) is 8.73. The van der Waals surface area contributed by atoms with E-state index in [0.717, 1.165) is 25.3 Å². The zero-order chi connectivity index (χ0) is 14.6. The Kier molecular flexibility index (Phi) is 9.73. The lowest BCUT2D eigenvalue weighted by molar-refractivity contribution is 0.0766. The van der Waals surface area contributed by atoms with E-state index in [9.17, 15) is 5.11 Å². The van der Waals surface area contributed by atoms with Crippen LogP contribution in [0.3, 0.4) is 0 Å². The Balaban J connectivity index is 1.90. The molecular weight excluding hydrogens is 248 g/mol. The summed E-state index contributed by atoms with van der Waals surface area (Å²) in [5.74, 6) is 1.12. The predicted molar refractivity (Wildman–Crippen MR) is 87.1 cm³/mol. The van der Waals surface area contributed by atoms with Crippen molar-refractivity contribution in [1.29, 1.82) is 0 Å². The number of aliphatic imine (C=N–C) groups is 1. The van der Waals surface area contributed by atoms with Gasteiger partial charge in [0.2, 0.25) is 0 Å². The van der Waals surface area contributed by atoms with Crippen LogP contribution in [0.4, 0.5) is 0 Å². The number of nitrogens with zero attached hydrogens (tertiary/aromatic N) is 2. The molecule has 0 aromatic rings. The Morgan fingerprint density at radius 1 is 1.00 bits per heavy atom. The first kappa shape index (κ1) is 17.5. The molecule has 1 unspecified atom stereocenters. The minimum absolute atomic E-state index is 0.376. The third kappa shape index (κ3) is 7.28. The van der Waals surface area contributed by atoms with Gasteiger partial charge in [0, 0.05) is 13.0 Å². The number of rotatable bonds is 12. The van der Waals surface area contributed by atoms with Crippen LogP contribution >= 0.6 is 0 Å². The minimum Gasteiger partial charge on any atom is -0.374 e. The van der Waals surface area contributed by atoms with E-state index in [1.165, 1.54) is 64.2 Å². The second kappa shape index (κ2) is 11.1. The standard InChI is InChI=1S/C17H34N2O/c1-3-4-5-6-7-8-9-10-11-12-13-17-18-14-15-19(17)16(2)20/h16,20H,3-15H2,1-2H3. The highest BCUT2D eigenvalue weighted by Gasteiger charge is 2.19. The minimum atomic E-state index is -0.376. The first-order chi connectivity index (χ1) is 9.75. The van der Waals surface area contributed by atoms with E-state index in [1.54, 1.807) is 0 Å². The van der Waals surface area contributed by atoms with Gasteiger partial charge in [-0.25, -0.2) is 0 Å². The van der Waals surface area contributed by atoms with E-state index in [0.29, 0.717) is 0 Å². The molecule has 0 bridgehead atoms. The highest BCUT2D eigenvalue weighted by atomic mass is 16.3. The van der Waals surface area contributed by atoms with Crippen molar-refractivity contribution in [1.82, 2.24) is 4.90 Å². The summed E-state index contributed by atoms with van der Waals surface area (Å²) in [5.41, 5.74) is 0. The molecule has 0 spiro atoms. The number of hydrogen-bond donors (Lipinski definition) is 1. The van der Waals surface area contributed by atoms with Gasteiger partial charge in [-0.3, -0.25) is 4.99 Å². The second-order valence-corrected chi connectivity index (χ2v) is 6.06. The fourth-order valence-corrected chi connectivity index (χ4v) is 2.90. The van der Waals surface area contributed by atoms with E-state index in [2.05, 4.69) is 11.9 Å².